The van der Waals surface area contributed by atoms with E-state index in [1.165, 1.54) is 64.2 Å². The highest BCUT2D eigenvalue weighted by Crippen LogP contribution is 2.20. The number of carbonyl (C=O) groups excluding carboxylic acids is 1. The molecule has 0 aromatic heterocycles. The third-order valence-corrected chi connectivity index (χ3v) is 5.66. The largest absolute Gasteiger partial charge is 0.494 e. The average Bonchev–Trinajstić information content (AvgIpc) is 2.84. The summed E-state index contributed by atoms with van der Waals surface area (Å²) in [5, 5.41) is 0. The zero-order chi connectivity index (χ0) is 23.6. The molecule has 0 N–H and O–H groups in total. The number of hydrogen-bond donors (Lipinski definition) is 0. The molecule has 0 aliphatic rings. The molecule has 0 atom stereocenters. The summed E-state index contributed by atoms with van der Waals surface area (Å²) < 4.78 is 17.0. The van der Waals surface area contributed by atoms with E-state index < -0.39 is 0 Å². The Labute approximate surface area is 200 Å². The van der Waals surface area contributed by atoms with E-state index in [2.05, 4.69) is 13.8 Å². The second-order valence-corrected chi connectivity index (χ2v) is 8.62. The van der Waals surface area contributed by atoms with Crippen molar-refractivity contribution in [3.63, 3.8) is 0 Å². The molecule has 0 heterocycles. The van der Waals surface area contributed by atoms with Crippen LogP contribution in [0.4, 0.5) is 0 Å². The number of rotatable bonds is 18. The van der Waals surface area contributed by atoms with Gasteiger partial charge in [0.05, 0.1) is 18.8 Å². The lowest BCUT2D eigenvalue weighted by Gasteiger charge is -2.09. The van der Waals surface area contributed by atoms with Gasteiger partial charge in [-0.3, -0.25) is 0 Å². The van der Waals surface area contributed by atoms with E-state index in [-0.39, 0.29) is 5.97 Å². The van der Waals surface area contributed by atoms with Gasteiger partial charge >= 0.3 is 5.97 Å². The highest BCUT2D eigenvalue weighted by atomic mass is 16.5. The SMILES string of the molecule is CCCCCCCCOc1ccc(OC(=O)c2ccc(OCCCCCCCC)cc2)cc1. The van der Waals surface area contributed by atoms with Gasteiger partial charge in [0.25, 0.3) is 0 Å². The van der Waals surface area contributed by atoms with Crippen LogP contribution in [0.15, 0.2) is 48.5 Å². The number of benzene rings is 2. The van der Waals surface area contributed by atoms with Crippen molar-refractivity contribution in [1.29, 1.82) is 0 Å². The van der Waals surface area contributed by atoms with Crippen molar-refractivity contribution in [2.45, 2.75) is 90.9 Å². The molecule has 0 aliphatic carbocycles. The van der Waals surface area contributed by atoms with E-state index in [1.54, 1.807) is 24.3 Å². The number of hydrogen-bond acceptors (Lipinski definition) is 4. The molecule has 0 fully saturated rings. The lowest BCUT2D eigenvalue weighted by atomic mass is 10.1. The zero-order valence-corrected chi connectivity index (χ0v) is 20.7. The minimum Gasteiger partial charge on any atom is -0.494 e. The number of ether oxygens (including phenoxy) is 3. The van der Waals surface area contributed by atoms with E-state index in [9.17, 15) is 4.79 Å². The topological polar surface area (TPSA) is 44.8 Å². The van der Waals surface area contributed by atoms with Gasteiger partial charge in [0.2, 0.25) is 0 Å². The molecule has 0 saturated carbocycles. The van der Waals surface area contributed by atoms with E-state index in [0.29, 0.717) is 17.9 Å². The molecule has 0 saturated heterocycles. The number of carbonyl (C=O) groups is 1. The van der Waals surface area contributed by atoms with E-state index in [1.807, 2.05) is 24.3 Å². The maximum absolute atomic E-state index is 12.4. The summed E-state index contributed by atoms with van der Waals surface area (Å²) in [6.45, 7) is 5.89. The standard InChI is InChI=1S/C29H42O4/c1-3-5-7-9-11-13-23-31-26-17-15-25(16-18-26)29(30)33-28-21-19-27(20-22-28)32-24-14-12-10-8-6-4-2/h15-22H,3-14,23-24H2,1-2H3. The summed E-state index contributed by atoms with van der Waals surface area (Å²) in [7, 11) is 0. The molecule has 0 unspecified atom stereocenters. The van der Waals surface area contributed by atoms with Crippen LogP contribution in [0.2, 0.25) is 0 Å². The molecule has 2 rings (SSSR count). The van der Waals surface area contributed by atoms with E-state index >= 15 is 0 Å². The predicted molar refractivity (Wildman–Crippen MR) is 136 cm³/mol. The van der Waals surface area contributed by atoms with Crippen molar-refractivity contribution in [3.05, 3.63) is 54.1 Å². The van der Waals surface area contributed by atoms with Crippen molar-refractivity contribution in [1.82, 2.24) is 0 Å². The fourth-order valence-corrected chi connectivity index (χ4v) is 3.60. The smallest absolute Gasteiger partial charge is 0.343 e. The van der Waals surface area contributed by atoms with Gasteiger partial charge in [-0.15, -0.1) is 0 Å². The van der Waals surface area contributed by atoms with E-state index in [4.69, 9.17) is 14.2 Å². The Morgan fingerprint density at radius 1 is 0.545 bits per heavy atom. The van der Waals surface area contributed by atoms with Crippen LogP contribution in [0.25, 0.3) is 0 Å². The van der Waals surface area contributed by atoms with Crippen molar-refractivity contribution in [2.24, 2.45) is 0 Å². The average molecular weight is 455 g/mol. The molecular weight excluding hydrogens is 412 g/mol. The fourth-order valence-electron chi connectivity index (χ4n) is 3.60. The maximum Gasteiger partial charge on any atom is 0.343 e. The first-order valence-electron chi connectivity index (χ1n) is 12.9. The molecule has 0 radical (unpaired) electrons. The van der Waals surface area contributed by atoms with Gasteiger partial charge in [-0.2, -0.15) is 0 Å². The Morgan fingerprint density at radius 2 is 0.939 bits per heavy atom. The Kier molecular flexibility index (Phi) is 13.8. The molecule has 2 aromatic rings. The maximum atomic E-state index is 12.4. The Morgan fingerprint density at radius 3 is 1.42 bits per heavy atom. The Bertz CT molecular complexity index is 752. The second kappa shape index (κ2) is 17.0. The van der Waals surface area contributed by atoms with Crippen LogP contribution < -0.4 is 14.2 Å². The zero-order valence-electron chi connectivity index (χ0n) is 20.7. The van der Waals surface area contributed by atoms with Crippen LogP contribution in [0, 0.1) is 0 Å². The highest BCUT2D eigenvalue weighted by Gasteiger charge is 2.09. The monoisotopic (exact) mass is 454 g/mol. The molecular formula is C29H42O4. The molecule has 2 aromatic carbocycles. The summed E-state index contributed by atoms with van der Waals surface area (Å²) in [4.78, 5) is 12.4. The van der Waals surface area contributed by atoms with Crippen molar-refractivity contribution in [3.8, 4) is 17.2 Å². The normalized spacial score (nSPS) is 10.7. The van der Waals surface area contributed by atoms with Crippen LogP contribution in [-0.4, -0.2) is 19.2 Å². The van der Waals surface area contributed by atoms with Crippen LogP contribution in [-0.2, 0) is 0 Å². The van der Waals surface area contributed by atoms with Gasteiger partial charge < -0.3 is 14.2 Å². The Balaban J connectivity index is 1.65. The number of unbranched alkanes of at least 4 members (excludes halogenated alkanes) is 10. The van der Waals surface area contributed by atoms with Crippen molar-refractivity contribution in [2.75, 3.05) is 13.2 Å². The highest BCUT2D eigenvalue weighted by molar-refractivity contribution is 5.91. The minimum absolute atomic E-state index is 0.377. The van der Waals surface area contributed by atoms with Gasteiger partial charge in [-0.05, 0) is 61.4 Å². The van der Waals surface area contributed by atoms with Crippen LogP contribution in [0.3, 0.4) is 0 Å². The lowest BCUT2D eigenvalue weighted by Crippen LogP contribution is -2.08. The van der Waals surface area contributed by atoms with Gasteiger partial charge in [0.15, 0.2) is 0 Å². The quantitative estimate of drug-likeness (QED) is 0.129. The van der Waals surface area contributed by atoms with Gasteiger partial charge in [-0.25, -0.2) is 4.79 Å². The molecule has 182 valence electrons. The van der Waals surface area contributed by atoms with Gasteiger partial charge in [0, 0.05) is 0 Å². The van der Waals surface area contributed by atoms with Crippen LogP contribution in [0.5, 0.6) is 17.2 Å². The second-order valence-electron chi connectivity index (χ2n) is 8.62. The number of esters is 1. The summed E-state index contributed by atoms with van der Waals surface area (Å²) in [5.41, 5.74) is 0.505. The van der Waals surface area contributed by atoms with E-state index in [0.717, 1.165) is 30.9 Å². The molecule has 4 nitrogen and oxygen atoms in total. The van der Waals surface area contributed by atoms with Gasteiger partial charge in [-0.1, -0.05) is 78.1 Å². The minimum atomic E-state index is -0.377. The first-order chi connectivity index (χ1) is 16.2. The molecule has 33 heavy (non-hydrogen) atoms. The first-order valence-corrected chi connectivity index (χ1v) is 12.9. The van der Waals surface area contributed by atoms with Crippen molar-refractivity contribution >= 4 is 5.97 Å². The molecule has 4 heteroatoms. The summed E-state index contributed by atoms with van der Waals surface area (Å²) in [6.07, 6.45) is 14.9. The lowest BCUT2D eigenvalue weighted by molar-refractivity contribution is 0.0734. The molecule has 0 amide bonds. The third kappa shape index (κ3) is 11.8. The third-order valence-electron chi connectivity index (χ3n) is 5.66. The van der Waals surface area contributed by atoms with Crippen LogP contribution in [0.1, 0.15) is 101 Å². The van der Waals surface area contributed by atoms with Gasteiger partial charge in [0.1, 0.15) is 17.2 Å². The van der Waals surface area contributed by atoms with Crippen molar-refractivity contribution < 1.29 is 19.0 Å². The first kappa shape index (κ1) is 26.8. The summed E-state index contributed by atoms with van der Waals surface area (Å²) in [6, 6.07) is 14.4. The summed E-state index contributed by atoms with van der Waals surface area (Å²) in [5.74, 6) is 1.72. The molecule has 0 spiro atoms. The summed E-state index contributed by atoms with van der Waals surface area (Å²) >= 11 is 0. The molecule has 0 aliphatic heterocycles. The predicted octanol–water partition coefficient (Wildman–Crippen LogP) is 8.38. The Hall–Kier alpha value is -2.49. The molecule has 0 bridgehead atoms. The van der Waals surface area contributed by atoms with Crippen LogP contribution >= 0.6 is 0 Å². The fraction of sp³-hybridized carbons (Fsp3) is 0.552.